The van der Waals surface area contributed by atoms with Crippen LogP contribution in [0.1, 0.15) is 124 Å². The summed E-state index contributed by atoms with van der Waals surface area (Å²) in [5.74, 6) is 3.16. The van der Waals surface area contributed by atoms with Gasteiger partial charge in [0, 0.05) is 0 Å². The lowest BCUT2D eigenvalue weighted by Gasteiger charge is -2.18. The predicted octanol–water partition coefficient (Wildman–Crippen LogP) is 8.15. The monoisotopic (exact) mass is 308 g/mol. The average Bonchev–Trinajstić information content (AvgIpc) is 2.58. The fourth-order valence-electron chi connectivity index (χ4n) is 4.21. The standard InChI is InChI=1S/C8H16.2C7H14/c1-2-8-6-4-3-5-7-8;2*1-7-5-3-2-4-6-7/h8H,2-7H2,1H3;2*7H,2-6H2,1H3. The SMILES string of the molecule is CC1CCCCC1.CC1CCCCC1.CCC1CCCCC1. The van der Waals surface area contributed by atoms with Crippen LogP contribution >= 0.6 is 0 Å². The molecule has 3 aliphatic carbocycles. The van der Waals surface area contributed by atoms with Crippen molar-refractivity contribution in [3.05, 3.63) is 0 Å². The highest BCUT2D eigenvalue weighted by molar-refractivity contribution is 4.63. The van der Waals surface area contributed by atoms with Gasteiger partial charge in [-0.25, -0.2) is 0 Å². The summed E-state index contributed by atoms with van der Waals surface area (Å²) in [5, 5.41) is 0. The molecule has 0 heteroatoms. The van der Waals surface area contributed by atoms with E-state index in [2.05, 4.69) is 20.8 Å². The van der Waals surface area contributed by atoms with E-state index in [0.717, 1.165) is 17.8 Å². The van der Waals surface area contributed by atoms with Crippen molar-refractivity contribution in [1.29, 1.82) is 0 Å². The third kappa shape index (κ3) is 10.7. The molecule has 0 atom stereocenters. The van der Waals surface area contributed by atoms with Crippen molar-refractivity contribution < 1.29 is 0 Å². The fourth-order valence-corrected chi connectivity index (χ4v) is 4.21. The Morgan fingerprint density at radius 1 is 0.500 bits per heavy atom. The molecule has 3 rings (SSSR count). The molecule has 0 aromatic carbocycles. The van der Waals surface area contributed by atoms with Gasteiger partial charge in [0.15, 0.2) is 0 Å². The summed E-state index contributed by atoms with van der Waals surface area (Å²) in [7, 11) is 0. The quantitative estimate of drug-likeness (QED) is 0.458. The maximum absolute atomic E-state index is 2.36. The second-order valence-electron chi connectivity index (χ2n) is 8.40. The summed E-state index contributed by atoms with van der Waals surface area (Å²) in [6.45, 7) is 7.04. The number of hydrogen-bond acceptors (Lipinski definition) is 0. The van der Waals surface area contributed by atoms with Gasteiger partial charge < -0.3 is 0 Å². The molecule has 132 valence electrons. The molecule has 0 heterocycles. The van der Waals surface area contributed by atoms with Gasteiger partial charge in [-0.3, -0.25) is 0 Å². The molecule has 0 N–H and O–H groups in total. The van der Waals surface area contributed by atoms with E-state index in [1.165, 1.54) is 103 Å². The first-order valence-corrected chi connectivity index (χ1v) is 10.7. The van der Waals surface area contributed by atoms with E-state index in [0.29, 0.717) is 0 Å². The second kappa shape index (κ2) is 13.4. The van der Waals surface area contributed by atoms with Crippen molar-refractivity contribution in [3.63, 3.8) is 0 Å². The third-order valence-electron chi connectivity index (χ3n) is 6.09. The van der Waals surface area contributed by atoms with Crippen molar-refractivity contribution in [2.24, 2.45) is 17.8 Å². The van der Waals surface area contributed by atoms with Gasteiger partial charge in [-0.1, -0.05) is 124 Å². The van der Waals surface area contributed by atoms with Crippen molar-refractivity contribution >= 4 is 0 Å². The molecule has 0 unspecified atom stereocenters. The van der Waals surface area contributed by atoms with Crippen LogP contribution in [0.25, 0.3) is 0 Å². The predicted molar refractivity (Wildman–Crippen MR) is 101 cm³/mol. The summed E-state index contributed by atoms with van der Waals surface area (Å²) in [5.41, 5.74) is 0. The van der Waals surface area contributed by atoms with E-state index < -0.39 is 0 Å². The van der Waals surface area contributed by atoms with Crippen molar-refractivity contribution in [3.8, 4) is 0 Å². The van der Waals surface area contributed by atoms with E-state index in [9.17, 15) is 0 Å². The van der Waals surface area contributed by atoms with Crippen LogP contribution in [0.3, 0.4) is 0 Å². The van der Waals surface area contributed by atoms with Gasteiger partial charge in [-0.05, 0) is 17.8 Å². The molecule has 0 bridgehead atoms. The first-order chi connectivity index (χ1) is 10.7. The third-order valence-corrected chi connectivity index (χ3v) is 6.09. The Morgan fingerprint density at radius 3 is 1.00 bits per heavy atom. The van der Waals surface area contributed by atoms with Crippen LogP contribution in [0, 0.1) is 17.8 Å². The highest BCUT2D eigenvalue weighted by atomic mass is 14.2. The summed E-state index contributed by atoms with van der Waals surface area (Å²) in [6.07, 6.45) is 23.8. The largest absolute Gasteiger partial charge is 0.0651 e. The van der Waals surface area contributed by atoms with Crippen LogP contribution in [0.2, 0.25) is 0 Å². The zero-order chi connectivity index (χ0) is 16.0. The lowest BCUT2D eigenvalue weighted by Crippen LogP contribution is -2.03. The lowest BCUT2D eigenvalue weighted by molar-refractivity contribution is 0.349. The summed E-state index contributed by atoms with van der Waals surface area (Å²) < 4.78 is 0. The Balaban J connectivity index is 0.000000166. The summed E-state index contributed by atoms with van der Waals surface area (Å²) in [4.78, 5) is 0. The van der Waals surface area contributed by atoms with Gasteiger partial charge in [0.25, 0.3) is 0 Å². The lowest BCUT2D eigenvalue weighted by atomic mass is 9.88. The molecular weight excluding hydrogens is 264 g/mol. The molecular formula is C22H44. The second-order valence-corrected chi connectivity index (χ2v) is 8.40. The number of hydrogen-bond donors (Lipinski definition) is 0. The van der Waals surface area contributed by atoms with Gasteiger partial charge >= 0.3 is 0 Å². The van der Waals surface area contributed by atoms with Crippen LogP contribution in [0.4, 0.5) is 0 Å². The van der Waals surface area contributed by atoms with Crippen molar-refractivity contribution in [2.45, 2.75) is 124 Å². The Kier molecular flexibility index (Phi) is 12.2. The molecule has 3 aliphatic rings. The molecule has 0 aromatic heterocycles. The van der Waals surface area contributed by atoms with Gasteiger partial charge in [0.1, 0.15) is 0 Å². The molecule has 0 aromatic rings. The Labute approximate surface area is 141 Å². The first-order valence-electron chi connectivity index (χ1n) is 10.7. The van der Waals surface area contributed by atoms with Gasteiger partial charge in [-0.15, -0.1) is 0 Å². The van der Waals surface area contributed by atoms with E-state index in [-0.39, 0.29) is 0 Å². The zero-order valence-electron chi connectivity index (χ0n) is 16.0. The van der Waals surface area contributed by atoms with Crippen molar-refractivity contribution in [2.75, 3.05) is 0 Å². The minimum atomic E-state index is 1.04. The van der Waals surface area contributed by atoms with Crippen LogP contribution in [-0.2, 0) is 0 Å². The van der Waals surface area contributed by atoms with Crippen LogP contribution in [-0.4, -0.2) is 0 Å². The minimum absolute atomic E-state index is 1.04. The summed E-state index contributed by atoms with van der Waals surface area (Å²) >= 11 is 0. The Bertz CT molecular complexity index is 198. The molecule has 3 saturated carbocycles. The van der Waals surface area contributed by atoms with Crippen LogP contribution in [0.15, 0.2) is 0 Å². The number of rotatable bonds is 1. The van der Waals surface area contributed by atoms with Crippen molar-refractivity contribution in [1.82, 2.24) is 0 Å². The maximum Gasteiger partial charge on any atom is -0.0417 e. The molecule has 0 saturated heterocycles. The highest BCUT2D eigenvalue weighted by Crippen LogP contribution is 2.25. The van der Waals surface area contributed by atoms with E-state index in [4.69, 9.17) is 0 Å². The van der Waals surface area contributed by atoms with Gasteiger partial charge in [-0.2, -0.15) is 0 Å². The Hall–Kier alpha value is 0. The maximum atomic E-state index is 2.36. The van der Waals surface area contributed by atoms with E-state index in [1.807, 2.05) is 0 Å². The van der Waals surface area contributed by atoms with Gasteiger partial charge in [0.2, 0.25) is 0 Å². The molecule has 0 amide bonds. The molecule has 0 spiro atoms. The van der Waals surface area contributed by atoms with Crippen LogP contribution < -0.4 is 0 Å². The fraction of sp³-hybridized carbons (Fsp3) is 1.00. The molecule has 0 radical (unpaired) electrons. The van der Waals surface area contributed by atoms with E-state index in [1.54, 1.807) is 0 Å². The molecule has 0 aliphatic heterocycles. The highest BCUT2D eigenvalue weighted by Gasteiger charge is 2.09. The molecule has 0 nitrogen and oxygen atoms in total. The Morgan fingerprint density at radius 2 is 0.818 bits per heavy atom. The van der Waals surface area contributed by atoms with Gasteiger partial charge in [0.05, 0.1) is 0 Å². The molecule has 22 heavy (non-hydrogen) atoms. The zero-order valence-corrected chi connectivity index (χ0v) is 16.0. The normalized spacial score (nSPS) is 24.7. The van der Waals surface area contributed by atoms with Crippen LogP contribution in [0.5, 0.6) is 0 Å². The average molecular weight is 309 g/mol. The first kappa shape index (κ1) is 20.0. The summed E-state index contributed by atoms with van der Waals surface area (Å²) in [6, 6.07) is 0. The smallest absolute Gasteiger partial charge is 0.0417 e. The molecule has 3 fully saturated rings. The van der Waals surface area contributed by atoms with E-state index >= 15 is 0 Å². The topological polar surface area (TPSA) is 0 Å². The minimum Gasteiger partial charge on any atom is -0.0651 e.